The number of aliphatic hydroxyl groups is 1. The van der Waals surface area contributed by atoms with Crippen molar-refractivity contribution in [2.24, 2.45) is 5.73 Å². The molecule has 2 unspecified atom stereocenters. The van der Waals surface area contributed by atoms with Crippen LogP contribution in [0.1, 0.15) is 26.2 Å². The van der Waals surface area contributed by atoms with Crippen molar-refractivity contribution in [2.45, 2.75) is 38.3 Å². The van der Waals surface area contributed by atoms with E-state index >= 15 is 0 Å². The van der Waals surface area contributed by atoms with Gasteiger partial charge in [-0.25, -0.2) is 0 Å². The molecule has 0 saturated carbocycles. The Morgan fingerprint density at radius 2 is 2.40 bits per heavy atom. The zero-order valence-corrected chi connectivity index (χ0v) is 6.38. The molecule has 0 aliphatic heterocycles. The van der Waals surface area contributed by atoms with Crippen LogP contribution in [-0.4, -0.2) is 17.3 Å². The van der Waals surface area contributed by atoms with Crippen molar-refractivity contribution in [1.82, 2.24) is 0 Å². The Balaban J connectivity index is 2.47. The lowest BCUT2D eigenvalue weighted by atomic mass is 10.0. The normalized spacial score (nSPS) is 24.1. The van der Waals surface area contributed by atoms with Gasteiger partial charge >= 0.3 is 0 Å². The quantitative estimate of drug-likeness (QED) is 0.559. The van der Waals surface area contributed by atoms with E-state index in [1.165, 1.54) is 6.42 Å². The number of hydrogen-bond acceptors (Lipinski definition) is 2. The Morgan fingerprint density at radius 3 is 2.80 bits per heavy atom. The second-order valence-corrected chi connectivity index (χ2v) is 2.98. The van der Waals surface area contributed by atoms with Crippen molar-refractivity contribution < 1.29 is 5.11 Å². The third-order valence-corrected chi connectivity index (χ3v) is 1.95. The summed E-state index contributed by atoms with van der Waals surface area (Å²) in [5.41, 5.74) is 6.66. The molecule has 10 heavy (non-hydrogen) atoms. The SMILES string of the molecule is CC(N)C(O)C1=CCCC1. The highest BCUT2D eigenvalue weighted by Gasteiger charge is 2.16. The largest absolute Gasteiger partial charge is 0.387 e. The second kappa shape index (κ2) is 3.17. The molecule has 0 aromatic heterocycles. The third-order valence-electron chi connectivity index (χ3n) is 1.95. The molecule has 3 N–H and O–H groups in total. The van der Waals surface area contributed by atoms with Gasteiger partial charge in [-0.2, -0.15) is 0 Å². The summed E-state index contributed by atoms with van der Waals surface area (Å²) in [4.78, 5) is 0. The molecule has 0 fully saturated rings. The highest BCUT2D eigenvalue weighted by atomic mass is 16.3. The van der Waals surface area contributed by atoms with Gasteiger partial charge in [0.05, 0.1) is 6.10 Å². The van der Waals surface area contributed by atoms with E-state index in [0.29, 0.717) is 0 Å². The topological polar surface area (TPSA) is 46.2 Å². The van der Waals surface area contributed by atoms with Crippen LogP contribution < -0.4 is 5.73 Å². The molecular formula is C8H15NO. The minimum absolute atomic E-state index is 0.121. The van der Waals surface area contributed by atoms with Crippen LogP contribution >= 0.6 is 0 Å². The fourth-order valence-electron chi connectivity index (χ4n) is 1.30. The molecule has 2 atom stereocenters. The van der Waals surface area contributed by atoms with Gasteiger partial charge in [0.1, 0.15) is 0 Å². The van der Waals surface area contributed by atoms with Crippen LogP contribution in [0.5, 0.6) is 0 Å². The zero-order valence-electron chi connectivity index (χ0n) is 6.38. The summed E-state index contributed by atoms with van der Waals surface area (Å²) in [6.45, 7) is 1.84. The van der Waals surface area contributed by atoms with Crippen LogP contribution in [0.2, 0.25) is 0 Å². The molecular weight excluding hydrogens is 126 g/mol. The maximum Gasteiger partial charge on any atom is 0.0898 e. The smallest absolute Gasteiger partial charge is 0.0898 e. The number of rotatable bonds is 2. The van der Waals surface area contributed by atoms with E-state index in [2.05, 4.69) is 6.08 Å². The van der Waals surface area contributed by atoms with E-state index < -0.39 is 6.10 Å². The monoisotopic (exact) mass is 141 g/mol. The first-order chi connectivity index (χ1) is 4.72. The molecule has 0 saturated heterocycles. The molecule has 2 heteroatoms. The molecule has 0 radical (unpaired) electrons. The van der Waals surface area contributed by atoms with Gasteiger partial charge in [0.15, 0.2) is 0 Å². The molecule has 0 amide bonds. The molecule has 0 aromatic rings. The lowest BCUT2D eigenvalue weighted by Gasteiger charge is -2.15. The standard InChI is InChI=1S/C8H15NO/c1-6(9)8(10)7-4-2-3-5-7/h4,6,8,10H,2-3,5,9H2,1H3. The minimum atomic E-state index is -0.400. The Bertz CT molecular complexity index is 140. The van der Waals surface area contributed by atoms with E-state index in [9.17, 15) is 5.11 Å². The number of allylic oxidation sites excluding steroid dienone is 1. The van der Waals surface area contributed by atoms with Gasteiger partial charge in [-0.1, -0.05) is 6.08 Å². The Hall–Kier alpha value is -0.340. The highest BCUT2D eigenvalue weighted by molar-refractivity contribution is 5.14. The molecule has 1 rings (SSSR count). The average molecular weight is 141 g/mol. The summed E-state index contributed by atoms with van der Waals surface area (Å²) < 4.78 is 0. The van der Waals surface area contributed by atoms with Crippen LogP contribution in [0.4, 0.5) is 0 Å². The van der Waals surface area contributed by atoms with Gasteiger partial charge in [0.2, 0.25) is 0 Å². The van der Waals surface area contributed by atoms with Crippen LogP contribution in [0.15, 0.2) is 11.6 Å². The first-order valence-electron chi connectivity index (χ1n) is 3.84. The number of aliphatic hydroxyl groups excluding tert-OH is 1. The molecule has 1 aliphatic carbocycles. The zero-order chi connectivity index (χ0) is 7.56. The van der Waals surface area contributed by atoms with Crippen molar-refractivity contribution in [3.05, 3.63) is 11.6 Å². The maximum atomic E-state index is 9.43. The van der Waals surface area contributed by atoms with Crippen molar-refractivity contribution in [3.8, 4) is 0 Å². The Morgan fingerprint density at radius 1 is 1.70 bits per heavy atom. The Kier molecular flexibility index (Phi) is 2.46. The fourth-order valence-corrected chi connectivity index (χ4v) is 1.30. The van der Waals surface area contributed by atoms with Crippen molar-refractivity contribution in [2.75, 3.05) is 0 Å². The van der Waals surface area contributed by atoms with Gasteiger partial charge in [0, 0.05) is 6.04 Å². The van der Waals surface area contributed by atoms with Gasteiger partial charge in [0.25, 0.3) is 0 Å². The third kappa shape index (κ3) is 1.58. The van der Waals surface area contributed by atoms with Gasteiger partial charge < -0.3 is 10.8 Å². The summed E-state index contributed by atoms with van der Waals surface area (Å²) in [6.07, 6.45) is 5.03. The lowest BCUT2D eigenvalue weighted by Crippen LogP contribution is -2.32. The fraction of sp³-hybridized carbons (Fsp3) is 0.750. The van der Waals surface area contributed by atoms with Crippen LogP contribution in [-0.2, 0) is 0 Å². The first kappa shape index (κ1) is 7.76. The van der Waals surface area contributed by atoms with E-state index in [1.807, 2.05) is 6.92 Å². The van der Waals surface area contributed by atoms with Crippen LogP contribution in [0.25, 0.3) is 0 Å². The van der Waals surface area contributed by atoms with Crippen LogP contribution in [0, 0.1) is 0 Å². The number of hydrogen-bond donors (Lipinski definition) is 2. The summed E-state index contributed by atoms with van der Waals surface area (Å²) in [6, 6.07) is -0.121. The summed E-state index contributed by atoms with van der Waals surface area (Å²) >= 11 is 0. The van der Waals surface area contributed by atoms with Gasteiger partial charge in [-0.05, 0) is 31.8 Å². The van der Waals surface area contributed by atoms with Crippen molar-refractivity contribution in [1.29, 1.82) is 0 Å². The highest BCUT2D eigenvalue weighted by Crippen LogP contribution is 2.21. The van der Waals surface area contributed by atoms with Gasteiger partial charge in [-0.15, -0.1) is 0 Å². The molecule has 0 spiro atoms. The second-order valence-electron chi connectivity index (χ2n) is 2.98. The van der Waals surface area contributed by atoms with Crippen molar-refractivity contribution in [3.63, 3.8) is 0 Å². The van der Waals surface area contributed by atoms with Crippen molar-refractivity contribution >= 4 is 0 Å². The summed E-state index contributed by atoms with van der Waals surface area (Å²) in [5, 5.41) is 9.43. The molecule has 1 aliphatic rings. The van der Waals surface area contributed by atoms with E-state index in [0.717, 1.165) is 18.4 Å². The van der Waals surface area contributed by atoms with E-state index in [4.69, 9.17) is 5.73 Å². The first-order valence-corrected chi connectivity index (χ1v) is 3.84. The summed E-state index contributed by atoms with van der Waals surface area (Å²) in [7, 11) is 0. The van der Waals surface area contributed by atoms with E-state index in [-0.39, 0.29) is 6.04 Å². The average Bonchev–Trinajstić information content (AvgIpc) is 2.36. The maximum absolute atomic E-state index is 9.43. The molecule has 0 heterocycles. The minimum Gasteiger partial charge on any atom is -0.387 e. The van der Waals surface area contributed by atoms with Crippen LogP contribution in [0.3, 0.4) is 0 Å². The van der Waals surface area contributed by atoms with Gasteiger partial charge in [-0.3, -0.25) is 0 Å². The summed E-state index contributed by atoms with van der Waals surface area (Å²) in [5.74, 6) is 0. The molecule has 2 nitrogen and oxygen atoms in total. The predicted octanol–water partition coefficient (Wildman–Crippen LogP) is 0.805. The predicted molar refractivity (Wildman–Crippen MR) is 41.6 cm³/mol. The Labute approximate surface area is 61.7 Å². The number of nitrogens with two attached hydrogens (primary N) is 1. The lowest BCUT2D eigenvalue weighted by molar-refractivity contribution is 0.183. The molecule has 58 valence electrons. The van der Waals surface area contributed by atoms with E-state index in [1.54, 1.807) is 0 Å². The molecule has 0 aromatic carbocycles. The molecule has 0 bridgehead atoms.